The molecular formula is C17H23N5O2. The van der Waals surface area contributed by atoms with Crippen LogP contribution in [0.1, 0.15) is 37.2 Å². The molecule has 1 aromatic carbocycles. The van der Waals surface area contributed by atoms with Gasteiger partial charge in [0.1, 0.15) is 12.1 Å². The van der Waals surface area contributed by atoms with Crippen molar-refractivity contribution in [3.63, 3.8) is 0 Å². The van der Waals surface area contributed by atoms with Crippen LogP contribution in [0.3, 0.4) is 0 Å². The second-order valence-corrected chi connectivity index (χ2v) is 6.18. The number of aromatic nitrogens is 3. The van der Waals surface area contributed by atoms with Gasteiger partial charge in [0, 0.05) is 19.6 Å². The lowest BCUT2D eigenvalue weighted by atomic mass is 10.2. The molecule has 0 radical (unpaired) electrons. The van der Waals surface area contributed by atoms with Gasteiger partial charge in [-0.2, -0.15) is 0 Å². The zero-order valence-corrected chi connectivity index (χ0v) is 14.3. The van der Waals surface area contributed by atoms with E-state index in [4.69, 9.17) is 4.74 Å². The molecule has 7 heteroatoms. The minimum atomic E-state index is -0.192. The molecule has 1 saturated carbocycles. The molecule has 0 bridgehead atoms. The fourth-order valence-electron chi connectivity index (χ4n) is 2.70. The molecule has 1 heterocycles. The number of hydrogen-bond acceptors (Lipinski definition) is 4. The summed E-state index contributed by atoms with van der Waals surface area (Å²) in [7, 11) is 3.51. The van der Waals surface area contributed by atoms with Crippen molar-refractivity contribution >= 4 is 6.03 Å². The predicted molar refractivity (Wildman–Crippen MR) is 89.5 cm³/mol. The Kier molecular flexibility index (Phi) is 4.69. The predicted octanol–water partition coefficient (Wildman–Crippen LogP) is 2.26. The highest BCUT2D eigenvalue weighted by molar-refractivity contribution is 5.75. The summed E-state index contributed by atoms with van der Waals surface area (Å²) < 4.78 is 6.99. The molecule has 3 rings (SSSR count). The summed E-state index contributed by atoms with van der Waals surface area (Å²) in [4.78, 5) is 14.6. The molecule has 1 aliphatic rings. The van der Waals surface area contributed by atoms with Crippen LogP contribution in [0, 0.1) is 0 Å². The summed E-state index contributed by atoms with van der Waals surface area (Å²) in [5, 5.41) is 10.9. The van der Waals surface area contributed by atoms with E-state index in [0.717, 1.165) is 30.0 Å². The first-order chi connectivity index (χ1) is 11.6. The normalized spacial score (nSPS) is 15.0. The lowest BCUT2D eigenvalue weighted by Gasteiger charge is -2.25. The maximum atomic E-state index is 12.7. The van der Waals surface area contributed by atoms with Gasteiger partial charge in [-0.3, -0.25) is 0 Å². The van der Waals surface area contributed by atoms with Gasteiger partial charge in [-0.15, -0.1) is 10.2 Å². The van der Waals surface area contributed by atoms with Crippen molar-refractivity contribution in [3.8, 4) is 5.75 Å². The molecule has 0 aliphatic heterocycles. The fourth-order valence-corrected chi connectivity index (χ4v) is 2.70. The van der Waals surface area contributed by atoms with E-state index in [2.05, 4.69) is 15.5 Å². The third kappa shape index (κ3) is 3.67. The molecule has 1 N–H and O–H groups in total. The van der Waals surface area contributed by atoms with E-state index in [1.54, 1.807) is 13.4 Å². The van der Waals surface area contributed by atoms with Gasteiger partial charge in [-0.1, -0.05) is 12.1 Å². The van der Waals surface area contributed by atoms with Crippen molar-refractivity contribution < 1.29 is 9.53 Å². The number of nitrogens with one attached hydrogen (secondary N) is 1. The van der Waals surface area contributed by atoms with E-state index in [0.29, 0.717) is 12.6 Å². The number of benzene rings is 1. The molecule has 128 valence electrons. The summed E-state index contributed by atoms with van der Waals surface area (Å²) in [5.74, 6) is 1.56. The Morgan fingerprint density at radius 1 is 1.42 bits per heavy atom. The zero-order chi connectivity index (χ0) is 17.1. The third-order valence-corrected chi connectivity index (χ3v) is 4.23. The Bertz CT molecular complexity index is 693. The number of carbonyl (C=O) groups is 1. The van der Waals surface area contributed by atoms with Gasteiger partial charge in [0.2, 0.25) is 0 Å². The molecule has 2 amide bonds. The number of rotatable bonds is 6. The van der Waals surface area contributed by atoms with Gasteiger partial charge in [-0.25, -0.2) is 4.79 Å². The molecule has 0 saturated heterocycles. The first-order valence-electron chi connectivity index (χ1n) is 8.12. The standard InChI is InChI=1S/C17H23N5O2/c1-12(16-20-18-11-21(16)2)19-17(23)22(14-6-7-14)10-13-4-8-15(24-3)9-5-13/h4-5,8-9,11-12,14H,6-7,10H2,1-3H3,(H,19,23)/t12-/m1/s1. The first kappa shape index (κ1) is 16.3. The molecule has 1 atom stereocenters. The van der Waals surface area contributed by atoms with Crippen LogP contribution in [0.5, 0.6) is 5.75 Å². The number of aryl methyl sites for hydroxylation is 1. The molecular weight excluding hydrogens is 306 g/mol. The van der Waals surface area contributed by atoms with Crippen LogP contribution in [0.25, 0.3) is 0 Å². The van der Waals surface area contributed by atoms with Gasteiger partial charge in [-0.05, 0) is 37.5 Å². The average Bonchev–Trinajstić information content (AvgIpc) is 3.33. The Hall–Kier alpha value is -2.57. The van der Waals surface area contributed by atoms with Gasteiger partial charge in [0.25, 0.3) is 0 Å². The monoisotopic (exact) mass is 329 g/mol. The molecule has 1 fully saturated rings. The number of carbonyl (C=O) groups excluding carboxylic acids is 1. The van der Waals surface area contributed by atoms with Gasteiger partial charge >= 0.3 is 6.03 Å². The number of urea groups is 1. The highest BCUT2D eigenvalue weighted by Gasteiger charge is 2.33. The van der Waals surface area contributed by atoms with Crippen LogP contribution >= 0.6 is 0 Å². The van der Waals surface area contributed by atoms with E-state index in [9.17, 15) is 4.79 Å². The average molecular weight is 329 g/mol. The van der Waals surface area contributed by atoms with Gasteiger partial charge in [0.05, 0.1) is 13.2 Å². The number of nitrogens with zero attached hydrogens (tertiary/aromatic N) is 4. The minimum absolute atomic E-state index is 0.0659. The molecule has 1 aromatic heterocycles. The number of hydrogen-bond donors (Lipinski definition) is 1. The Morgan fingerprint density at radius 3 is 2.67 bits per heavy atom. The SMILES string of the molecule is COc1ccc(CN(C(=O)N[C@H](C)c2nncn2C)C2CC2)cc1. The fraction of sp³-hybridized carbons (Fsp3) is 0.471. The topological polar surface area (TPSA) is 72.3 Å². The van der Waals surface area contributed by atoms with E-state index in [1.807, 2.05) is 47.7 Å². The maximum absolute atomic E-state index is 12.7. The molecule has 7 nitrogen and oxygen atoms in total. The van der Waals surface area contributed by atoms with Crippen LogP contribution < -0.4 is 10.1 Å². The summed E-state index contributed by atoms with van der Waals surface area (Å²) in [6.45, 7) is 2.51. The first-order valence-corrected chi connectivity index (χ1v) is 8.12. The van der Waals surface area contributed by atoms with Crippen LogP contribution in [-0.4, -0.2) is 38.8 Å². The third-order valence-electron chi connectivity index (χ3n) is 4.23. The molecule has 0 spiro atoms. The van der Waals surface area contributed by atoms with Gasteiger partial charge < -0.3 is 19.5 Å². The highest BCUT2D eigenvalue weighted by atomic mass is 16.5. The van der Waals surface area contributed by atoms with E-state index in [-0.39, 0.29) is 12.1 Å². The lowest BCUT2D eigenvalue weighted by Crippen LogP contribution is -2.42. The Labute approximate surface area is 141 Å². The minimum Gasteiger partial charge on any atom is -0.497 e. The van der Waals surface area contributed by atoms with Crippen molar-refractivity contribution in [2.45, 2.75) is 38.4 Å². The number of ether oxygens (including phenoxy) is 1. The largest absolute Gasteiger partial charge is 0.497 e. The van der Waals surface area contributed by atoms with Crippen molar-refractivity contribution in [1.82, 2.24) is 25.0 Å². The van der Waals surface area contributed by atoms with Crippen molar-refractivity contribution in [2.75, 3.05) is 7.11 Å². The Balaban J connectivity index is 1.66. The highest BCUT2D eigenvalue weighted by Crippen LogP contribution is 2.29. The molecule has 0 unspecified atom stereocenters. The lowest BCUT2D eigenvalue weighted by molar-refractivity contribution is 0.188. The summed E-state index contributed by atoms with van der Waals surface area (Å²) in [6.07, 6.45) is 3.75. The second kappa shape index (κ2) is 6.90. The zero-order valence-electron chi connectivity index (χ0n) is 14.3. The van der Waals surface area contributed by atoms with E-state index < -0.39 is 0 Å². The Morgan fingerprint density at radius 2 is 2.12 bits per heavy atom. The molecule has 24 heavy (non-hydrogen) atoms. The molecule has 1 aliphatic carbocycles. The number of amides is 2. The quantitative estimate of drug-likeness (QED) is 0.882. The summed E-state index contributed by atoms with van der Waals surface area (Å²) >= 11 is 0. The van der Waals surface area contributed by atoms with Crippen LogP contribution in [0.4, 0.5) is 4.79 Å². The summed E-state index contributed by atoms with van der Waals surface area (Å²) in [5.41, 5.74) is 1.09. The van der Waals surface area contributed by atoms with Crippen LogP contribution in [0.2, 0.25) is 0 Å². The van der Waals surface area contributed by atoms with Crippen LogP contribution in [0.15, 0.2) is 30.6 Å². The van der Waals surface area contributed by atoms with Crippen LogP contribution in [-0.2, 0) is 13.6 Å². The smallest absolute Gasteiger partial charge is 0.318 e. The summed E-state index contributed by atoms with van der Waals surface area (Å²) in [6, 6.07) is 7.88. The van der Waals surface area contributed by atoms with Crippen molar-refractivity contribution in [3.05, 3.63) is 42.0 Å². The van der Waals surface area contributed by atoms with Crippen molar-refractivity contribution in [1.29, 1.82) is 0 Å². The van der Waals surface area contributed by atoms with E-state index >= 15 is 0 Å². The maximum Gasteiger partial charge on any atom is 0.318 e. The van der Waals surface area contributed by atoms with Gasteiger partial charge in [0.15, 0.2) is 5.82 Å². The number of methoxy groups -OCH3 is 1. The van der Waals surface area contributed by atoms with Crippen molar-refractivity contribution in [2.24, 2.45) is 7.05 Å². The second-order valence-electron chi connectivity index (χ2n) is 6.18. The van der Waals surface area contributed by atoms with E-state index in [1.165, 1.54) is 0 Å². The molecule has 2 aromatic rings.